The first kappa shape index (κ1) is 14.1. The highest BCUT2D eigenvalue weighted by Gasteiger charge is 2.12. The number of nitrogens with zero attached hydrogens (tertiary/aromatic N) is 3. The predicted octanol–water partition coefficient (Wildman–Crippen LogP) is 2.96. The summed E-state index contributed by atoms with van der Waals surface area (Å²) >= 11 is 0. The largest absolute Gasteiger partial charge is 0.506 e. The van der Waals surface area contributed by atoms with E-state index in [-0.39, 0.29) is 28.4 Å². The molecule has 0 bridgehead atoms. The van der Waals surface area contributed by atoms with Crippen LogP contribution in [0.3, 0.4) is 0 Å². The van der Waals surface area contributed by atoms with Gasteiger partial charge in [0.1, 0.15) is 11.4 Å². The van der Waals surface area contributed by atoms with E-state index in [4.69, 9.17) is 0 Å². The van der Waals surface area contributed by atoms with Crippen LogP contribution in [-0.4, -0.2) is 21.2 Å². The zero-order valence-corrected chi connectivity index (χ0v) is 10.5. The minimum atomic E-state index is -0.622. The van der Waals surface area contributed by atoms with E-state index in [1.54, 1.807) is 6.07 Å². The summed E-state index contributed by atoms with van der Waals surface area (Å²) < 4.78 is 0. The Labute approximate surface area is 118 Å². The normalized spacial score (nSPS) is 10.7. The number of phenolic OH excluding ortho intramolecular Hbond substituents is 1. The summed E-state index contributed by atoms with van der Waals surface area (Å²) in [6.45, 7) is 0. The standard InChI is InChI=1S/C13H9N3O5/c17-13-6-5-10(15(18)19)7-11(13)14-8-9-3-1-2-4-12(9)16(20)21/h1-8,17H. The fraction of sp³-hybridized carbons (Fsp3) is 0. The van der Waals surface area contributed by atoms with Gasteiger partial charge in [0.25, 0.3) is 11.4 Å². The summed E-state index contributed by atoms with van der Waals surface area (Å²) in [6.07, 6.45) is 1.18. The van der Waals surface area contributed by atoms with Gasteiger partial charge in [-0.1, -0.05) is 12.1 Å². The van der Waals surface area contributed by atoms with E-state index in [2.05, 4.69) is 4.99 Å². The molecule has 21 heavy (non-hydrogen) atoms. The molecule has 0 aliphatic heterocycles. The summed E-state index contributed by atoms with van der Waals surface area (Å²) in [5.41, 5.74) is -0.190. The molecule has 8 nitrogen and oxygen atoms in total. The Balaban J connectivity index is 2.40. The monoisotopic (exact) mass is 287 g/mol. The Hall–Kier alpha value is -3.29. The van der Waals surface area contributed by atoms with Crippen LogP contribution < -0.4 is 0 Å². The molecule has 0 radical (unpaired) electrons. The Morgan fingerprint density at radius 2 is 1.76 bits per heavy atom. The van der Waals surface area contributed by atoms with Crippen molar-refractivity contribution in [3.63, 3.8) is 0 Å². The molecule has 8 heteroatoms. The number of hydrogen-bond donors (Lipinski definition) is 1. The molecule has 0 heterocycles. The predicted molar refractivity (Wildman–Crippen MR) is 75.1 cm³/mol. The third kappa shape index (κ3) is 3.18. The van der Waals surface area contributed by atoms with Gasteiger partial charge in [-0.2, -0.15) is 0 Å². The third-order valence-corrected chi connectivity index (χ3v) is 2.65. The quantitative estimate of drug-likeness (QED) is 0.526. The average molecular weight is 287 g/mol. The Morgan fingerprint density at radius 1 is 1.05 bits per heavy atom. The van der Waals surface area contributed by atoms with Crippen molar-refractivity contribution in [1.29, 1.82) is 0 Å². The lowest BCUT2D eigenvalue weighted by Gasteiger charge is -1.99. The molecule has 0 saturated carbocycles. The molecule has 0 aliphatic carbocycles. The molecule has 2 aromatic carbocycles. The maximum absolute atomic E-state index is 10.8. The van der Waals surface area contributed by atoms with Gasteiger partial charge < -0.3 is 5.11 Å². The van der Waals surface area contributed by atoms with Crippen LogP contribution >= 0.6 is 0 Å². The van der Waals surface area contributed by atoms with E-state index in [0.717, 1.165) is 18.2 Å². The van der Waals surface area contributed by atoms with Crippen LogP contribution in [0.2, 0.25) is 0 Å². The van der Waals surface area contributed by atoms with Crippen LogP contribution in [0, 0.1) is 20.2 Å². The second-order valence-electron chi connectivity index (χ2n) is 4.00. The van der Waals surface area contributed by atoms with E-state index < -0.39 is 9.85 Å². The Kier molecular flexibility index (Phi) is 3.89. The van der Waals surface area contributed by atoms with Gasteiger partial charge in [0, 0.05) is 24.4 Å². The van der Waals surface area contributed by atoms with E-state index in [1.807, 2.05) is 0 Å². The Morgan fingerprint density at radius 3 is 2.43 bits per heavy atom. The lowest BCUT2D eigenvalue weighted by atomic mass is 10.2. The Bertz CT molecular complexity index is 742. The molecule has 0 aliphatic rings. The van der Waals surface area contributed by atoms with Crippen molar-refractivity contribution in [2.24, 2.45) is 4.99 Å². The molecule has 0 saturated heterocycles. The molecular weight excluding hydrogens is 278 g/mol. The second kappa shape index (κ2) is 5.78. The van der Waals surface area contributed by atoms with Crippen LogP contribution in [0.15, 0.2) is 47.5 Å². The highest BCUT2D eigenvalue weighted by Crippen LogP contribution is 2.30. The lowest BCUT2D eigenvalue weighted by molar-refractivity contribution is -0.385. The SMILES string of the molecule is O=[N+]([O-])c1ccc(O)c(N=Cc2ccccc2[N+](=O)[O-])c1. The number of phenols is 1. The van der Waals surface area contributed by atoms with Gasteiger partial charge in [-0.05, 0) is 12.1 Å². The van der Waals surface area contributed by atoms with Crippen LogP contribution in [-0.2, 0) is 0 Å². The number of para-hydroxylation sites is 1. The summed E-state index contributed by atoms with van der Waals surface area (Å²) in [5, 5.41) is 31.1. The topological polar surface area (TPSA) is 119 Å². The zero-order valence-electron chi connectivity index (χ0n) is 10.5. The fourth-order valence-electron chi connectivity index (χ4n) is 1.63. The molecule has 0 fully saturated rings. The van der Waals surface area contributed by atoms with Crippen molar-refractivity contribution in [2.45, 2.75) is 0 Å². The van der Waals surface area contributed by atoms with E-state index in [9.17, 15) is 25.3 Å². The van der Waals surface area contributed by atoms with Crippen molar-refractivity contribution in [3.05, 3.63) is 68.3 Å². The first-order chi connectivity index (χ1) is 9.99. The van der Waals surface area contributed by atoms with Crippen molar-refractivity contribution in [2.75, 3.05) is 0 Å². The first-order valence-electron chi connectivity index (χ1n) is 5.74. The van der Waals surface area contributed by atoms with Gasteiger partial charge in [-0.3, -0.25) is 25.2 Å². The van der Waals surface area contributed by atoms with Crippen molar-refractivity contribution in [3.8, 4) is 5.75 Å². The van der Waals surface area contributed by atoms with E-state index in [1.165, 1.54) is 24.4 Å². The summed E-state index contributed by atoms with van der Waals surface area (Å²) in [4.78, 5) is 24.2. The molecule has 0 amide bonds. The number of aromatic hydroxyl groups is 1. The maximum atomic E-state index is 10.8. The maximum Gasteiger partial charge on any atom is 0.278 e. The highest BCUT2D eigenvalue weighted by molar-refractivity contribution is 5.87. The average Bonchev–Trinajstić information content (AvgIpc) is 2.46. The molecular formula is C13H9N3O5. The van der Waals surface area contributed by atoms with E-state index in [0.29, 0.717) is 0 Å². The van der Waals surface area contributed by atoms with Crippen LogP contribution in [0.5, 0.6) is 5.75 Å². The summed E-state index contributed by atoms with van der Waals surface area (Å²) in [6, 6.07) is 9.27. The van der Waals surface area contributed by atoms with Crippen molar-refractivity contribution in [1.82, 2.24) is 0 Å². The molecule has 0 spiro atoms. The summed E-state index contributed by atoms with van der Waals surface area (Å²) in [5.74, 6) is -0.254. The van der Waals surface area contributed by atoms with E-state index >= 15 is 0 Å². The zero-order chi connectivity index (χ0) is 15.4. The molecule has 106 valence electrons. The first-order valence-corrected chi connectivity index (χ1v) is 5.74. The number of aliphatic imine (C=N–C) groups is 1. The fourth-order valence-corrected chi connectivity index (χ4v) is 1.63. The van der Waals surface area contributed by atoms with Gasteiger partial charge in [-0.25, -0.2) is 0 Å². The number of nitro groups is 2. The molecule has 1 N–H and O–H groups in total. The van der Waals surface area contributed by atoms with Gasteiger partial charge in [0.05, 0.1) is 15.4 Å². The second-order valence-corrected chi connectivity index (χ2v) is 4.00. The minimum absolute atomic E-state index is 0.0395. The van der Waals surface area contributed by atoms with Crippen molar-refractivity contribution >= 4 is 23.3 Å². The lowest BCUT2D eigenvalue weighted by Crippen LogP contribution is -1.93. The number of hydrogen-bond acceptors (Lipinski definition) is 6. The van der Waals surface area contributed by atoms with Crippen LogP contribution in [0.25, 0.3) is 0 Å². The third-order valence-electron chi connectivity index (χ3n) is 2.65. The molecule has 2 aromatic rings. The van der Waals surface area contributed by atoms with Gasteiger partial charge in [0.15, 0.2) is 0 Å². The van der Waals surface area contributed by atoms with Gasteiger partial charge in [-0.15, -0.1) is 0 Å². The number of nitro benzene ring substituents is 2. The summed E-state index contributed by atoms with van der Waals surface area (Å²) in [7, 11) is 0. The van der Waals surface area contributed by atoms with Crippen LogP contribution in [0.1, 0.15) is 5.56 Å². The molecule has 0 aromatic heterocycles. The highest BCUT2D eigenvalue weighted by atomic mass is 16.6. The van der Waals surface area contributed by atoms with Crippen molar-refractivity contribution < 1.29 is 15.0 Å². The number of rotatable bonds is 4. The molecule has 2 rings (SSSR count). The number of non-ortho nitro benzene ring substituents is 1. The minimum Gasteiger partial charge on any atom is -0.506 e. The molecule has 0 atom stereocenters. The van der Waals surface area contributed by atoms with Gasteiger partial charge in [0.2, 0.25) is 0 Å². The smallest absolute Gasteiger partial charge is 0.278 e. The van der Waals surface area contributed by atoms with Crippen LogP contribution in [0.4, 0.5) is 17.1 Å². The number of benzene rings is 2. The molecule has 0 unspecified atom stereocenters. The van der Waals surface area contributed by atoms with Gasteiger partial charge >= 0.3 is 0 Å².